The zero-order chi connectivity index (χ0) is 9.14. The Morgan fingerprint density at radius 2 is 2.33 bits per heavy atom. The highest BCUT2D eigenvalue weighted by Gasteiger charge is 2.17. The van der Waals surface area contributed by atoms with Crippen LogP contribution in [0.2, 0.25) is 0 Å². The van der Waals surface area contributed by atoms with E-state index in [9.17, 15) is 4.79 Å². The number of carboxylic acids is 1. The van der Waals surface area contributed by atoms with Gasteiger partial charge in [0.2, 0.25) is 11.5 Å². The minimum atomic E-state index is -1.41. The van der Waals surface area contributed by atoms with E-state index in [2.05, 4.69) is 14.5 Å². The molecule has 12 heavy (non-hydrogen) atoms. The van der Waals surface area contributed by atoms with Gasteiger partial charge in [-0.3, -0.25) is 0 Å². The number of nitrogens with zero attached hydrogens (tertiary/aromatic N) is 3. The van der Waals surface area contributed by atoms with Gasteiger partial charge >= 0.3 is 5.97 Å². The van der Waals surface area contributed by atoms with E-state index in [1.807, 2.05) is 0 Å². The predicted molar refractivity (Wildman–Crippen MR) is 40.3 cm³/mol. The number of hydrogen-bond acceptors (Lipinski definition) is 7. The maximum absolute atomic E-state index is 10.3. The number of nitrogens with two attached hydrogens (primary N) is 1. The molecule has 1 heterocycles. The highest BCUT2D eigenvalue weighted by Crippen LogP contribution is 2.06. The second kappa shape index (κ2) is 3.13. The number of carbonyl (C=O) groups is 1. The second-order valence-corrected chi connectivity index (χ2v) is 2.49. The third-order valence-corrected chi connectivity index (χ3v) is 1.50. The van der Waals surface area contributed by atoms with Crippen LogP contribution in [0.5, 0.6) is 0 Å². The lowest BCUT2D eigenvalue weighted by atomic mass is 10.4. The number of anilines is 1. The Kier molecular flexibility index (Phi) is 2.19. The highest BCUT2D eigenvalue weighted by molar-refractivity contribution is 7.09. The van der Waals surface area contributed by atoms with Crippen molar-refractivity contribution in [3.8, 4) is 0 Å². The van der Waals surface area contributed by atoms with E-state index >= 15 is 0 Å². The van der Waals surface area contributed by atoms with Crippen molar-refractivity contribution in [3.63, 3.8) is 0 Å². The molecule has 1 rings (SSSR count). The molecular weight excluding hydrogens is 184 g/mol. The topological polar surface area (TPSA) is 122 Å². The fourth-order valence-corrected chi connectivity index (χ4v) is 0.949. The Bertz CT molecular complexity index is 333. The summed E-state index contributed by atoms with van der Waals surface area (Å²) in [5, 5.41) is 19.3. The molecule has 7 nitrogen and oxygen atoms in total. The van der Waals surface area contributed by atoms with Crippen LogP contribution < -0.4 is 5.73 Å². The molecule has 0 saturated carbocycles. The largest absolute Gasteiger partial charge is 0.476 e. The Morgan fingerprint density at radius 1 is 1.67 bits per heavy atom. The van der Waals surface area contributed by atoms with Gasteiger partial charge in [0.1, 0.15) is 0 Å². The lowest BCUT2D eigenvalue weighted by Gasteiger charge is -1.89. The van der Waals surface area contributed by atoms with E-state index in [-0.39, 0.29) is 11.0 Å². The highest BCUT2D eigenvalue weighted by atomic mass is 32.1. The number of carboxylic acid groups (broad SMARTS) is 1. The van der Waals surface area contributed by atoms with Crippen molar-refractivity contribution in [1.29, 1.82) is 0 Å². The molecule has 0 aromatic carbocycles. The summed E-state index contributed by atoms with van der Waals surface area (Å²) in [4.78, 5) is 13.8. The second-order valence-electron chi connectivity index (χ2n) is 1.71. The summed E-state index contributed by atoms with van der Waals surface area (Å²) in [6.45, 7) is 0. The maximum atomic E-state index is 10.3. The molecule has 0 aliphatic carbocycles. The Hall–Kier alpha value is -1.70. The van der Waals surface area contributed by atoms with Crippen LogP contribution in [0.15, 0.2) is 5.16 Å². The third kappa shape index (κ3) is 1.48. The number of aliphatic carboxylic acids is 1. The molecule has 0 bridgehead atoms. The SMILES string of the molecule is Nc1nc(C(=NO)C(=O)O)ns1. The molecule has 0 spiro atoms. The van der Waals surface area contributed by atoms with E-state index in [1.165, 1.54) is 0 Å². The van der Waals surface area contributed by atoms with Crippen molar-refractivity contribution in [2.24, 2.45) is 5.16 Å². The maximum Gasteiger partial charge on any atom is 0.361 e. The monoisotopic (exact) mass is 188 g/mol. The molecule has 0 amide bonds. The molecule has 0 atom stereocenters. The molecule has 0 unspecified atom stereocenters. The van der Waals surface area contributed by atoms with E-state index in [0.29, 0.717) is 0 Å². The zero-order valence-corrected chi connectivity index (χ0v) is 6.45. The Balaban J connectivity index is 3.04. The van der Waals surface area contributed by atoms with E-state index < -0.39 is 11.7 Å². The van der Waals surface area contributed by atoms with Gasteiger partial charge in [0.15, 0.2) is 5.13 Å². The Labute approximate surface area is 70.3 Å². The third-order valence-electron chi connectivity index (χ3n) is 0.956. The first kappa shape index (κ1) is 8.40. The first-order valence-electron chi connectivity index (χ1n) is 2.70. The van der Waals surface area contributed by atoms with Crippen LogP contribution in [0, 0.1) is 0 Å². The lowest BCUT2D eigenvalue weighted by molar-refractivity contribution is -0.129. The minimum Gasteiger partial charge on any atom is -0.476 e. The van der Waals surface area contributed by atoms with E-state index in [1.54, 1.807) is 0 Å². The summed E-state index contributed by atoms with van der Waals surface area (Å²) < 4.78 is 3.54. The van der Waals surface area contributed by atoms with Gasteiger partial charge in [0.05, 0.1) is 0 Å². The van der Waals surface area contributed by atoms with Crippen LogP contribution in [-0.2, 0) is 4.79 Å². The first-order chi connectivity index (χ1) is 5.65. The fraction of sp³-hybridized carbons (Fsp3) is 0. The van der Waals surface area contributed by atoms with Crippen LogP contribution in [0.4, 0.5) is 5.13 Å². The van der Waals surface area contributed by atoms with Gasteiger partial charge in [-0.05, 0) is 0 Å². The molecule has 0 fully saturated rings. The zero-order valence-electron chi connectivity index (χ0n) is 5.63. The standard InChI is InChI=1S/C4H4N4O3S/c5-4-6-2(8-12-4)1(7-11)3(9)10/h11H,(H,9,10)(H2,5,6,8). The molecule has 1 aromatic heterocycles. The molecule has 8 heteroatoms. The number of rotatable bonds is 2. The van der Waals surface area contributed by atoms with E-state index in [0.717, 1.165) is 11.5 Å². The molecule has 64 valence electrons. The molecule has 1 aromatic rings. The number of nitrogen functional groups attached to an aromatic ring is 1. The minimum absolute atomic E-state index is 0.118. The van der Waals surface area contributed by atoms with Crippen LogP contribution >= 0.6 is 11.5 Å². The molecule has 0 aliphatic rings. The summed E-state index contributed by atoms with van der Waals surface area (Å²) >= 11 is 0.827. The molecular formula is C4H4N4O3S. The fourth-order valence-electron chi connectivity index (χ4n) is 0.515. The van der Waals surface area contributed by atoms with E-state index in [4.69, 9.17) is 16.0 Å². The van der Waals surface area contributed by atoms with Gasteiger partial charge in [-0.2, -0.15) is 9.36 Å². The Morgan fingerprint density at radius 3 is 2.67 bits per heavy atom. The molecule has 0 aliphatic heterocycles. The smallest absolute Gasteiger partial charge is 0.361 e. The van der Waals surface area contributed by atoms with Crippen molar-refractivity contribution < 1.29 is 15.1 Å². The summed E-state index contributed by atoms with van der Waals surface area (Å²) in [5.41, 5.74) is 4.56. The van der Waals surface area contributed by atoms with Gasteiger partial charge in [-0.25, -0.2) is 4.79 Å². The quantitative estimate of drug-likeness (QED) is 0.323. The van der Waals surface area contributed by atoms with Crippen molar-refractivity contribution >= 4 is 28.3 Å². The van der Waals surface area contributed by atoms with Crippen molar-refractivity contribution in [2.45, 2.75) is 0 Å². The predicted octanol–water partition coefficient (Wildman–Crippen LogP) is -0.617. The van der Waals surface area contributed by atoms with Crippen LogP contribution in [0.3, 0.4) is 0 Å². The summed E-state index contributed by atoms with van der Waals surface area (Å²) in [7, 11) is 0. The molecule has 0 saturated heterocycles. The average molecular weight is 188 g/mol. The van der Waals surface area contributed by atoms with Crippen molar-refractivity contribution in [3.05, 3.63) is 5.82 Å². The van der Waals surface area contributed by atoms with Gasteiger partial charge in [0, 0.05) is 11.5 Å². The summed E-state index contributed by atoms with van der Waals surface area (Å²) in [5.74, 6) is -1.59. The summed E-state index contributed by atoms with van der Waals surface area (Å²) in [6, 6.07) is 0. The van der Waals surface area contributed by atoms with Crippen LogP contribution in [-0.4, -0.2) is 31.4 Å². The molecule has 4 N–H and O–H groups in total. The number of hydrogen-bond donors (Lipinski definition) is 3. The van der Waals surface area contributed by atoms with Gasteiger partial charge in [0.25, 0.3) is 0 Å². The van der Waals surface area contributed by atoms with Gasteiger partial charge in [-0.15, -0.1) is 0 Å². The molecule has 0 radical (unpaired) electrons. The van der Waals surface area contributed by atoms with Crippen molar-refractivity contribution in [1.82, 2.24) is 9.36 Å². The van der Waals surface area contributed by atoms with Crippen LogP contribution in [0.1, 0.15) is 5.82 Å². The summed E-state index contributed by atoms with van der Waals surface area (Å²) in [6.07, 6.45) is 0. The lowest BCUT2D eigenvalue weighted by Crippen LogP contribution is -2.16. The van der Waals surface area contributed by atoms with Gasteiger partial charge in [-0.1, -0.05) is 5.16 Å². The number of aromatic nitrogens is 2. The first-order valence-corrected chi connectivity index (χ1v) is 3.47. The van der Waals surface area contributed by atoms with Crippen molar-refractivity contribution in [2.75, 3.05) is 5.73 Å². The number of oxime groups is 1. The average Bonchev–Trinajstić information content (AvgIpc) is 2.37. The van der Waals surface area contributed by atoms with Crippen LogP contribution in [0.25, 0.3) is 0 Å². The normalized spacial score (nSPS) is 11.5. The van der Waals surface area contributed by atoms with Gasteiger partial charge < -0.3 is 16.0 Å².